The van der Waals surface area contributed by atoms with Crippen LogP contribution in [0.15, 0.2) is 30.3 Å². The van der Waals surface area contributed by atoms with E-state index in [1.165, 1.54) is 10.0 Å². The first kappa shape index (κ1) is 20.2. The average molecular weight is 388 g/mol. The zero-order chi connectivity index (χ0) is 19.8. The van der Waals surface area contributed by atoms with Crippen molar-refractivity contribution in [2.45, 2.75) is 57.8 Å². The number of benzene rings is 1. The van der Waals surface area contributed by atoms with Crippen LogP contribution in [0.3, 0.4) is 0 Å². The SMILES string of the molecule is O=C(CCc1ccccc1)OOC(=O)N1CCCCN1C(=O)C1CCCCC1. The normalized spacial score (nSPS) is 17.9. The summed E-state index contributed by atoms with van der Waals surface area (Å²) in [5.74, 6) is -0.665. The van der Waals surface area contributed by atoms with Crippen LogP contribution in [0.25, 0.3) is 0 Å². The molecule has 0 radical (unpaired) electrons. The van der Waals surface area contributed by atoms with Crippen molar-refractivity contribution in [3.8, 4) is 0 Å². The van der Waals surface area contributed by atoms with Crippen molar-refractivity contribution < 1.29 is 24.2 Å². The molecule has 1 aromatic carbocycles. The molecule has 152 valence electrons. The van der Waals surface area contributed by atoms with Gasteiger partial charge in [-0.3, -0.25) is 4.79 Å². The van der Waals surface area contributed by atoms with Crippen LogP contribution in [0, 0.1) is 5.92 Å². The fourth-order valence-corrected chi connectivity index (χ4v) is 3.80. The van der Waals surface area contributed by atoms with Gasteiger partial charge in [0.25, 0.3) is 0 Å². The number of hydrogen-bond donors (Lipinski definition) is 0. The molecule has 1 aromatic rings. The van der Waals surface area contributed by atoms with Gasteiger partial charge in [0.1, 0.15) is 0 Å². The topological polar surface area (TPSA) is 76.2 Å². The lowest BCUT2D eigenvalue weighted by Gasteiger charge is -2.39. The standard InChI is InChI=1S/C21H28N2O5/c24-19(14-13-17-9-3-1-4-10-17)27-28-21(26)23-16-8-7-15-22(23)20(25)18-11-5-2-6-12-18/h1,3-4,9-10,18H,2,5-8,11-16H2. The van der Waals surface area contributed by atoms with Crippen LogP contribution < -0.4 is 0 Å². The molecule has 1 aliphatic heterocycles. The van der Waals surface area contributed by atoms with Crippen LogP contribution in [0.2, 0.25) is 0 Å². The summed E-state index contributed by atoms with van der Waals surface area (Å²) in [6.45, 7) is 0.880. The van der Waals surface area contributed by atoms with Gasteiger partial charge in [-0.15, -0.1) is 0 Å². The highest BCUT2D eigenvalue weighted by Crippen LogP contribution is 2.27. The van der Waals surface area contributed by atoms with E-state index in [4.69, 9.17) is 4.89 Å². The monoisotopic (exact) mass is 388 g/mol. The molecule has 0 N–H and O–H groups in total. The van der Waals surface area contributed by atoms with Crippen LogP contribution in [-0.4, -0.2) is 41.1 Å². The van der Waals surface area contributed by atoms with Gasteiger partial charge < -0.3 is 0 Å². The summed E-state index contributed by atoms with van der Waals surface area (Å²) in [4.78, 5) is 46.5. The molecule has 28 heavy (non-hydrogen) atoms. The Morgan fingerprint density at radius 3 is 2.25 bits per heavy atom. The molecule has 7 heteroatoms. The van der Waals surface area contributed by atoms with Gasteiger partial charge >= 0.3 is 12.1 Å². The van der Waals surface area contributed by atoms with Crippen molar-refractivity contribution in [1.29, 1.82) is 0 Å². The van der Waals surface area contributed by atoms with Gasteiger partial charge in [0.2, 0.25) is 5.91 Å². The summed E-state index contributed by atoms with van der Waals surface area (Å²) in [5.41, 5.74) is 1.01. The Labute approximate surface area is 165 Å². The molecular formula is C21H28N2O5. The molecule has 1 aliphatic carbocycles. The minimum Gasteiger partial charge on any atom is -0.273 e. The molecule has 0 spiro atoms. The molecule has 0 aromatic heterocycles. The molecule has 0 unspecified atom stereocenters. The molecule has 1 heterocycles. The van der Waals surface area contributed by atoms with Crippen molar-refractivity contribution in [2.24, 2.45) is 5.92 Å². The van der Waals surface area contributed by atoms with Gasteiger partial charge in [-0.2, -0.15) is 0 Å². The van der Waals surface area contributed by atoms with Crippen LogP contribution in [-0.2, 0) is 25.8 Å². The fourth-order valence-electron chi connectivity index (χ4n) is 3.80. The number of hydrazine groups is 1. The van der Waals surface area contributed by atoms with Gasteiger partial charge in [-0.05, 0) is 37.7 Å². The molecule has 0 atom stereocenters. The molecule has 3 rings (SSSR count). The second kappa shape index (κ2) is 10.1. The van der Waals surface area contributed by atoms with Crippen molar-refractivity contribution >= 4 is 18.0 Å². The smallest absolute Gasteiger partial charge is 0.273 e. The number of hydrogen-bond acceptors (Lipinski definition) is 5. The van der Waals surface area contributed by atoms with Gasteiger partial charge in [-0.1, -0.05) is 49.6 Å². The molecule has 1 saturated carbocycles. The second-order valence-electron chi connectivity index (χ2n) is 7.42. The Morgan fingerprint density at radius 2 is 1.54 bits per heavy atom. The van der Waals surface area contributed by atoms with E-state index in [9.17, 15) is 14.4 Å². The van der Waals surface area contributed by atoms with Crippen LogP contribution >= 0.6 is 0 Å². The minimum absolute atomic E-state index is 0.0215. The highest BCUT2D eigenvalue weighted by atomic mass is 17.2. The molecule has 2 fully saturated rings. The van der Waals surface area contributed by atoms with E-state index >= 15 is 0 Å². The summed E-state index contributed by atoms with van der Waals surface area (Å²) < 4.78 is 0. The van der Waals surface area contributed by atoms with E-state index in [1.54, 1.807) is 0 Å². The molecule has 0 bridgehead atoms. The minimum atomic E-state index is -0.808. The van der Waals surface area contributed by atoms with Gasteiger partial charge in [0.05, 0.1) is 6.42 Å². The molecule has 2 amide bonds. The lowest BCUT2D eigenvalue weighted by molar-refractivity contribution is -0.244. The third-order valence-electron chi connectivity index (χ3n) is 5.37. The van der Waals surface area contributed by atoms with Crippen LogP contribution in [0.4, 0.5) is 4.79 Å². The predicted molar refractivity (Wildman–Crippen MR) is 102 cm³/mol. The lowest BCUT2D eigenvalue weighted by atomic mass is 9.88. The van der Waals surface area contributed by atoms with Gasteiger partial charge in [-0.25, -0.2) is 29.4 Å². The van der Waals surface area contributed by atoms with E-state index in [2.05, 4.69) is 4.89 Å². The summed E-state index contributed by atoms with van der Waals surface area (Å²) in [6, 6.07) is 9.54. The van der Waals surface area contributed by atoms with E-state index in [-0.39, 0.29) is 18.2 Å². The van der Waals surface area contributed by atoms with E-state index < -0.39 is 12.1 Å². The first-order valence-electron chi connectivity index (χ1n) is 10.2. The Balaban J connectivity index is 1.48. The molecule has 7 nitrogen and oxygen atoms in total. The van der Waals surface area contributed by atoms with Crippen LogP contribution in [0.1, 0.15) is 56.9 Å². The molecular weight excluding hydrogens is 360 g/mol. The maximum Gasteiger partial charge on any atom is 0.471 e. The fraction of sp³-hybridized carbons (Fsp3) is 0.571. The van der Waals surface area contributed by atoms with E-state index in [0.29, 0.717) is 19.5 Å². The summed E-state index contributed by atoms with van der Waals surface area (Å²) in [6.07, 6.45) is 6.44. The van der Waals surface area contributed by atoms with Crippen molar-refractivity contribution in [3.63, 3.8) is 0 Å². The quantitative estimate of drug-likeness (QED) is 0.581. The first-order chi connectivity index (χ1) is 13.6. The Morgan fingerprint density at radius 1 is 0.857 bits per heavy atom. The third kappa shape index (κ3) is 5.47. The number of nitrogens with zero attached hydrogens (tertiary/aromatic N) is 2. The van der Waals surface area contributed by atoms with Crippen LogP contribution in [0.5, 0.6) is 0 Å². The van der Waals surface area contributed by atoms with E-state index in [1.807, 2.05) is 30.3 Å². The van der Waals surface area contributed by atoms with Gasteiger partial charge in [0, 0.05) is 19.0 Å². The summed E-state index contributed by atoms with van der Waals surface area (Å²) >= 11 is 0. The summed E-state index contributed by atoms with van der Waals surface area (Å²) in [7, 11) is 0. The molecule has 1 saturated heterocycles. The summed E-state index contributed by atoms with van der Waals surface area (Å²) in [5, 5.41) is 2.77. The highest BCUT2D eigenvalue weighted by molar-refractivity contribution is 5.81. The number of carbonyl (C=O) groups is 3. The van der Waals surface area contributed by atoms with Crippen molar-refractivity contribution in [1.82, 2.24) is 10.0 Å². The third-order valence-corrected chi connectivity index (χ3v) is 5.37. The maximum atomic E-state index is 12.8. The Hall–Kier alpha value is -2.57. The first-order valence-corrected chi connectivity index (χ1v) is 10.2. The number of aryl methyl sites for hydroxylation is 1. The Kier molecular flexibility index (Phi) is 7.28. The van der Waals surface area contributed by atoms with E-state index in [0.717, 1.165) is 50.5 Å². The Bertz CT molecular complexity index is 673. The highest BCUT2D eigenvalue weighted by Gasteiger charge is 2.35. The molecule has 2 aliphatic rings. The number of carbonyl (C=O) groups excluding carboxylic acids is 3. The zero-order valence-corrected chi connectivity index (χ0v) is 16.2. The predicted octanol–water partition coefficient (Wildman–Crippen LogP) is 3.63. The van der Waals surface area contributed by atoms with Crippen molar-refractivity contribution in [3.05, 3.63) is 35.9 Å². The largest absolute Gasteiger partial charge is 0.471 e. The average Bonchev–Trinajstić information content (AvgIpc) is 2.77. The van der Waals surface area contributed by atoms with Gasteiger partial charge in [0.15, 0.2) is 0 Å². The lowest BCUT2D eigenvalue weighted by Crippen LogP contribution is -2.55. The second-order valence-corrected chi connectivity index (χ2v) is 7.42. The number of amides is 2. The zero-order valence-electron chi connectivity index (χ0n) is 16.2. The maximum absolute atomic E-state index is 12.8. The van der Waals surface area contributed by atoms with Crippen molar-refractivity contribution in [2.75, 3.05) is 13.1 Å². The number of rotatable bonds is 4.